The van der Waals surface area contributed by atoms with Crippen molar-refractivity contribution in [2.24, 2.45) is 0 Å². The number of rotatable bonds is 3. The van der Waals surface area contributed by atoms with Gasteiger partial charge in [0.2, 0.25) is 0 Å². The molecule has 94 valence electrons. The Hall–Kier alpha value is -1.59. The molecule has 18 heavy (non-hydrogen) atoms. The number of hydrogen-bond acceptors (Lipinski definition) is 4. The molecule has 1 aromatic heterocycles. The minimum Gasteiger partial charge on any atom is -0.463 e. The molecule has 0 aliphatic carbocycles. The highest BCUT2D eigenvalue weighted by Crippen LogP contribution is 2.21. The minimum absolute atomic E-state index is 0.0163. The minimum atomic E-state index is -0.573. The first-order valence-electron chi connectivity index (χ1n) is 5.02. The SMILES string of the molecule is COC(=O)c1ncn(Cc2ccc(Cl)cc2Cl)n1. The van der Waals surface area contributed by atoms with Crippen LogP contribution >= 0.6 is 23.2 Å². The van der Waals surface area contributed by atoms with Crippen molar-refractivity contribution in [1.29, 1.82) is 0 Å². The summed E-state index contributed by atoms with van der Waals surface area (Å²) < 4.78 is 6.02. The topological polar surface area (TPSA) is 57.0 Å². The first-order valence-corrected chi connectivity index (χ1v) is 5.77. The van der Waals surface area contributed by atoms with Crippen molar-refractivity contribution in [3.63, 3.8) is 0 Å². The molecule has 0 unspecified atom stereocenters. The van der Waals surface area contributed by atoms with E-state index >= 15 is 0 Å². The molecule has 2 rings (SSSR count). The molecule has 0 N–H and O–H groups in total. The fourth-order valence-electron chi connectivity index (χ4n) is 1.38. The van der Waals surface area contributed by atoms with E-state index in [-0.39, 0.29) is 5.82 Å². The summed E-state index contributed by atoms with van der Waals surface area (Å²) in [5.41, 5.74) is 0.836. The third-order valence-electron chi connectivity index (χ3n) is 2.25. The highest BCUT2D eigenvalue weighted by atomic mass is 35.5. The smallest absolute Gasteiger partial charge is 0.377 e. The first-order chi connectivity index (χ1) is 8.60. The van der Waals surface area contributed by atoms with Crippen LogP contribution in [0.5, 0.6) is 0 Å². The Morgan fingerprint density at radius 1 is 1.44 bits per heavy atom. The predicted octanol–water partition coefficient (Wildman–Crippen LogP) is 2.42. The van der Waals surface area contributed by atoms with Crippen LogP contribution in [0.25, 0.3) is 0 Å². The zero-order chi connectivity index (χ0) is 13.1. The van der Waals surface area contributed by atoms with E-state index in [9.17, 15) is 4.79 Å². The van der Waals surface area contributed by atoms with Gasteiger partial charge in [0.05, 0.1) is 13.7 Å². The van der Waals surface area contributed by atoms with Crippen LogP contribution in [-0.4, -0.2) is 27.8 Å². The molecule has 0 aliphatic rings. The van der Waals surface area contributed by atoms with Gasteiger partial charge in [-0.25, -0.2) is 14.5 Å². The molecule has 0 atom stereocenters. The van der Waals surface area contributed by atoms with Crippen molar-refractivity contribution in [2.45, 2.75) is 6.54 Å². The van der Waals surface area contributed by atoms with E-state index in [0.717, 1.165) is 5.56 Å². The summed E-state index contributed by atoms with van der Waals surface area (Å²) in [6.07, 6.45) is 1.44. The van der Waals surface area contributed by atoms with Crippen LogP contribution in [0, 0.1) is 0 Å². The summed E-state index contributed by atoms with van der Waals surface area (Å²) in [6.45, 7) is 0.403. The van der Waals surface area contributed by atoms with E-state index in [1.807, 2.05) is 0 Å². The zero-order valence-corrected chi connectivity index (χ0v) is 10.9. The van der Waals surface area contributed by atoms with Gasteiger partial charge in [-0.05, 0) is 17.7 Å². The van der Waals surface area contributed by atoms with Crippen LogP contribution in [0.3, 0.4) is 0 Å². The van der Waals surface area contributed by atoms with Crippen molar-refractivity contribution in [3.05, 3.63) is 46.0 Å². The number of benzene rings is 1. The van der Waals surface area contributed by atoms with E-state index in [2.05, 4.69) is 14.8 Å². The Morgan fingerprint density at radius 2 is 2.22 bits per heavy atom. The monoisotopic (exact) mass is 285 g/mol. The number of aromatic nitrogens is 3. The lowest BCUT2D eigenvalue weighted by Gasteiger charge is -2.04. The molecule has 0 saturated carbocycles. The Labute approximate surface area is 113 Å². The van der Waals surface area contributed by atoms with Crippen molar-refractivity contribution in [2.75, 3.05) is 7.11 Å². The standard InChI is InChI=1S/C11H9Cl2N3O2/c1-18-11(17)10-14-6-16(15-10)5-7-2-3-8(12)4-9(7)13/h2-4,6H,5H2,1H3. The van der Waals surface area contributed by atoms with Gasteiger partial charge in [0.15, 0.2) is 0 Å². The number of esters is 1. The van der Waals surface area contributed by atoms with Gasteiger partial charge in [-0.2, -0.15) is 0 Å². The van der Waals surface area contributed by atoms with Gasteiger partial charge in [-0.3, -0.25) is 0 Å². The largest absolute Gasteiger partial charge is 0.463 e. The van der Waals surface area contributed by atoms with Gasteiger partial charge >= 0.3 is 5.97 Å². The van der Waals surface area contributed by atoms with Crippen molar-refractivity contribution < 1.29 is 9.53 Å². The molecule has 0 spiro atoms. The summed E-state index contributed by atoms with van der Waals surface area (Å²) in [5.74, 6) is -0.557. The fourth-order valence-corrected chi connectivity index (χ4v) is 1.85. The predicted molar refractivity (Wildman–Crippen MR) is 66.9 cm³/mol. The number of hydrogen-bond donors (Lipinski definition) is 0. The highest BCUT2D eigenvalue weighted by molar-refractivity contribution is 6.35. The lowest BCUT2D eigenvalue weighted by atomic mass is 10.2. The van der Waals surface area contributed by atoms with Gasteiger partial charge in [-0.1, -0.05) is 29.3 Å². The maximum atomic E-state index is 11.2. The first kappa shape index (κ1) is 12.9. The molecular formula is C11H9Cl2N3O2. The quantitative estimate of drug-likeness (QED) is 0.813. The molecule has 0 saturated heterocycles. The number of carbonyl (C=O) groups excluding carboxylic acids is 1. The maximum absolute atomic E-state index is 11.2. The average Bonchev–Trinajstić information content (AvgIpc) is 2.80. The van der Waals surface area contributed by atoms with E-state index in [1.165, 1.54) is 18.1 Å². The van der Waals surface area contributed by atoms with Crippen LogP contribution in [-0.2, 0) is 11.3 Å². The second kappa shape index (κ2) is 5.37. The summed E-state index contributed by atoms with van der Waals surface area (Å²) in [4.78, 5) is 15.0. The van der Waals surface area contributed by atoms with Crippen LogP contribution in [0.2, 0.25) is 10.0 Å². The molecule has 5 nitrogen and oxygen atoms in total. The molecule has 2 aromatic rings. The van der Waals surface area contributed by atoms with Gasteiger partial charge in [0.25, 0.3) is 5.82 Å². The molecule has 0 aliphatic heterocycles. The van der Waals surface area contributed by atoms with Crippen LogP contribution in [0.15, 0.2) is 24.5 Å². The fraction of sp³-hybridized carbons (Fsp3) is 0.182. The van der Waals surface area contributed by atoms with Crippen molar-refractivity contribution in [1.82, 2.24) is 14.8 Å². The van der Waals surface area contributed by atoms with Crippen LogP contribution in [0.1, 0.15) is 16.2 Å². The molecular weight excluding hydrogens is 277 g/mol. The zero-order valence-electron chi connectivity index (χ0n) is 9.43. The lowest BCUT2D eigenvalue weighted by molar-refractivity contribution is 0.0586. The summed E-state index contributed by atoms with van der Waals surface area (Å²) in [7, 11) is 1.28. The molecule has 0 radical (unpaired) electrons. The Balaban J connectivity index is 2.18. The van der Waals surface area contributed by atoms with Gasteiger partial charge in [-0.15, -0.1) is 5.10 Å². The second-order valence-corrected chi connectivity index (χ2v) is 4.34. The molecule has 1 heterocycles. The van der Waals surface area contributed by atoms with Gasteiger partial charge < -0.3 is 4.74 Å². The molecule has 0 amide bonds. The molecule has 1 aromatic carbocycles. The third-order valence-corrected chi connectivity index (χ3v) is 2.84. The number of methoxy groups -OCH3 is 1. The number of carbonyl (C=O) groups is 1. The third kappa shape index (κ3) is 2.80. The normalized spacial score (nSPS) is 10.4. The maximum Gasteiger partial charge on any atom is 0.377 e. The molecule has 0 fully saturated rings. The molecule has 7 heteroatoms. The van der Waals surface area contributed by atoms with Gasteiger partial charge in [0, 0.05) is 10.0 Å². The van der Waals surface area contributed by atoms with Gasteiger partial charge in [0.1, 0.15) is 6.33 Å². The van der Waals surface area contributed by atoms with Crippen LogP contribution in [0.4, 0.5) is 0 Å². The number of ether oxygens (including phenoxy) is 1. The van der Waals surface area contributed by atoms with E-state index in [0.29, 0.717) is 16.6 Å². The Bertz CT molecular complexity index is 583. The average molecular weight is 286 g/mol. The number of halogens is 2. The lowest BCUT2D eigenvalue weighted by Crippen LogP contribution is -2.06. The van der Waals surface area contributed by atoms with E-state index in [1.54, 1.807) is 18.2 Å². The highest BCUT2D eigenvalue weighted by Gasteiger charge is 2.11. The second-order valence-electron chi connectivity index (χ2n) is 3.49. The van der Waals surface area contributed by atoms with Crippen LogP contribution < -0.4 is 0 Å². The van der Waals surface area contributed by atoms with Crippen molar-refractivity contribution in [3.8, 4) is 0 Å². The number of nitrogens with zero attached hydrogens (tertiary/aromatic N) is 3. The van der Waals surface area contributed by atoms with E-state index < -0.39 is 5.97 Å². The Morgan fingerprint density at radius 3 is 2.89 bits per heavy atom. The summed E-state index contributed by atoms with van der Waals surface area (Å²) in [5, 5.41) is 5.09. The Kier molecular flexibility index (Phi) is 3.84. The molecule has 0 bridgehead atoms. The summed E-state index contributed by atoms with van der Waals surface area (Å²) in [6, 6.07) is 5.18. The van der Waals surface area contributed by atoms with Crippen molar-refractivity contribution >= 4 is 29.2 Å². The summed E-state index contributed by atoms with van der Waals surface area (Å²) >= 11 is 11.8. The van der Waals surface area contributed by atoms with E-state index in [4.69, 9.17) is 23.2 Å².